The fraction of sp³-hybridized carbons (Fsp3) is 0.387. The fourth-order valence-electron chi connectivity index (χ4n) is 5.05. The molecule has 3 rings (SSSR count). The van der Waals surface area contributed by atoms with Crippen molar-refractivity contribution in [2.24, 2.45) is 0 Å². The van der Waals surface area contributed by atoms with E-state index in [2.05, 4.69) is 5.32 Å². The zero-order valence-corrected chi connectivity index (χ0v) is 24.6. The van der Waals surface area contributed by atoms with Crippen LogP contribution >= 0.6 is 0 Å². The summed E-state index contributed by atoms with van der Waals surface area (Å²) in [4.78, 5) is 13.5. The average Bonchev–Trinajstić information content (AvgIpc) is 3.03. The van der Waals surface area contributed by atoms with Crippen LogP contribution in [0, 0.1) is 0 Å². The number of para-hydroxylation sites is 1. The summed E-state index contributed by atoms with van der Waals surface area (Å²) in [5, 5.41) is 2.47. The quantitative estimate of drug-likeness (QED) is 0.133. The van der Waals surface area contributed by atoms with Crippen molar-refractivity contribution >= 4 is 11.7 Å². The third-order valence-corrected chi connectivity index (χ3v) is 7.57. The van der Waals surface area contributed by atoms with Crippen LogP contribution in [-0.4, -0.2) is 60.3 Å². The molecule has 18 heteroatoms. The predicted octanol–water partition coefficient (Wildman–Crippen LogP) is 9.78. The zero-order valence-electron chi connectivity index (χ0n) is 24.6. The Hall–Kier alpha value is -4.12. The number of rotatable bonds is 14. The first kappa shape index (κ1) is 39.3. The molecule has 3 aromatic carbocycles. The van der Waals surface area contributed by atoms with Crippen LogP contribution in [0.4, 0.5) is 71.5 Å². The summed E-state index contributed by atoms with van der Waals surface area (Å²) in [6.45, 7) is 0.733. The molecule has 0 saturated heterocycles. The van der Waals surface area contributed by atoms with Gasteiger partial charge in [-0.2, -0.15) is 65.9 Å². The first-order valence-corrected chi connectivity index (χ1v) is 13.8. The molecule has 0 aliphatic heterocycles. The molecular weight excluding hydrogens is 703 g/mol. The molecule has 270 valence electrons. The maximum atomic E-state index is 16.0. The van der Waals surface area contributed by atoms with E-state index in [9.17, 15) is 53.1 Å². The maximum absolute atomic E-state index is 16.0. The summed E-state index contributed by atoms with van der Waals surface area (Å²) in [5.74, 6) is -49.3. The summed E-state index contributed by atoms with van der Waals surface area (Å²) in [6, 6.07) is 14.9. The highest BCUT2D eigenvalue weighted by atomic mass is 19.4. The van der Waals surface area contributed by atoms with Crippen molar-refractivity contribution in [3.05, 3.63) is 102 Å². The van der Waals surface area contributed by atoms with Gasteiger partial charge in [-0.1, -0.05) is 78.9 Å². The van der Waals surface area contributed by atoms with Gasteiger partial charge in [-0.3, -0.25) is 0 Å². The van der Waals surface area contributed by atoms with Gasteiger partial charge in [0.2, 0.25) is 0 Å². The number of anilines is 1. The smallest absolute Gasteiger partial charge is 0.460 e. The fourth-order valence-corrected chi connectivity index (χ4v) is 5.05. The highest BCUT2D eigenvalue weighted by Crippen LogP contribution is 2.64. The topological polar surface area (TPSA) is 38.3 Å². The van der Waals surface area contributed by atoms with Gasteiger partial charge in [0.05, 0.1) is 12.0 Å². The minimum Gasteiger partial charge on any atom is -0.464 e. The van der Waals surface area contributed by atoms with Gasteiger partial charge in [-0.25, -0.2) is 4.79 Å². The molecule has 49 heavy (non-hydrogen) atoms. The molecule has 0 aliphatic carbocycles. The molecule has 1 atom stereocenters. The molecule has 0 amide bonds. The molecule has 0 radical (unpaired) electrons. The Morgan fingerprint density at radius 1 is 0.571 bits per heavy atom. The number of carbonyl (C=O) groups excluding carboxylic acids is 1. The van der Waals surface area contributed by atoms with E-state index in [1.54, 1.807) is 0 Å². The molecule has 0 bridgehead atoms. The SMILES string of the molecule is CCOC(=O)C(Nc1ccccc1)C(CC(F)(F)C(F)(F)C(F)(F)C(F)(F)C(F)(F)C(F)(F)C(F)(F)F)(c1ccccc1)c1ccccc1. The van der Waals surface area contributed by atoms with E-state index >= 15 is 17.6 Å². The number of ether oxygens (including phenoxy) is 1. The summed E-state index contributed by atoms with van der Waals surface area (Å²) in [5.41, 5.74) is -4.33. The monoisotopic (exact) mass is 727 g/mol. The van der Waals surface area contributed by atoms with Crippen molar-refractivity contribution in [2.75, 3.05) is 11.9 Å². The number of halogens is 15. The largest absolute Gasteiger partial charge is 0.464 e. The molecule has 0 saturated carbocycles. The summed E-state index contributed by atoms with van der Waals surface area (Å²) in [7, 11) is 0. The summed E-state index contributed by atoms with van der Waals surface area (Å²) >= 11 is 0. The minimum absolute atomic E-state index is 0.0993. The van der Waals surface area contributed by atoms with Crippen molar-refractivity contribution in [3.8, 4) is 0 Å². The van der Waals surface area contributed by atoms with Crippen LogP contribution < -0.4 is 5.32 Å². The van der Waals surface area contributed by atoms with E-state index in [1.165, 1.54) is 49.4 Å². The van der Waals surface area contributed by atoms with Gasteiger partial charge in [-0.15, -0.1) is 0 Å². The lowest BCUT2D eigenvalue weighted by atomic mass is 9.64. The summed E-state index contributed by atoms with van der Waals surface area (Å²) < 4.78 is 219. The van der Waals surface area contributed by atoms with Gasteiger partial charge in [-0.05, 0) is 30.2 Å². The molecule has 1 N–H and O–H groups in total. The van der Waals surface area contributed by atoms with Crippen LogP contribution in [-0.2, 0) is 14.9 Å². The van der Waals surface area contributed by atoms with Crippen LogP contribution in [0.1, 0.15) is 24.5 Å². The lowest BCUT2D eigenvalue weighted by molar-refractivity contribution is -0.453. The number of hydrogen-bond donors (Lipinski definition) is 1. The van der Waals surface area contributed by atoms with Crippen LogP contribution in [0.3, 0.4) is 0 Å². The third-order valence-electron chi connectivity index (χ3n) is 7.57. The normalized spacial score (nSPS) is 14.7. The minimum atomic E-state index is -8.46. The Morgan fingerprint density at radius 2 is 0.939 bits per heavy atom. The van der Waals surface area contributed by atoms with Crippen molar-refractivity contribution in [3.63, 3.8) is 0 Å². The Morgan fingerprint density at radius 3 is 1.33 bits per heavy atom. The van der Waals surface area contributed by atoms with Crippen LogP contribution in [0.2, 0.25) is 0 Å². The van der Waals surface area contributed by atoms with Crippen molar-refractivity contribution in [1.82, 2.24) is 0 Å². The number of alkyl halides is 15. The molecule has 0 spiro atoms. The van der Waals surface area contributed by atoms with E-state index in [4.69, 9.17) is 4.74 Å². The molecule has 3 aromatic rings. The molecule has 0 aliphatic rings. The molecule has 0 fully saturated rings. The second-order valence-corrected chi connectivity index (χ2v) is 10.6. The first-order valence-electron chi connectivity index (χ1n) is 13.8. The van der Waals surface area contributed by atoms with Crippen LogP contribution in [0.25, 0.3) is 0 Å². The van der Waals surface area contributed by atoms with Crippen LogP contribution in [0.15, 0.2) is 91.0 Å². The third kappa shape index (κ3) is 6.49. The predicted molar refractivity (Wildman–Crippen MR) is 145 cm³/mol. The number of benzene rings is 3. The van der Waals surface area contributed by atoms with E-state index in [1.807, 2.05) is 0 Å². The Kier molecular flexibility index (Phi) is 10.7. The van der Waals surface area contributed by atoms with Gasteiger partial charge in [0.1, 0.15) is 6.04 Å². The van der Waals surface area contributed by atoms with Gasteiger partial charge >= 0.3 is 47.7 Å². The molecular formula is C31H24F15NO2. The molecule has 0 aromatic heterocycles. The highest BCUT2D eigenvalue weighted by Gasteiger charge is 2.93. The van der Waals surface area contributed by atoms with Gasteiger partial charge in [0.15, 0.2) is 0 Å². The Labute approximate surface area is 268 Å². The lowest BCUT2D eigenvalue weighted by Gasteiger charge is -2.46. The van der Waals surface area contributed by atoms with Crippen molar-refractivity contribution < 1.29 is 75.4 Å². The second-order valence-electron chi connectivity index (χ2n) is 10.6. The zero-order chi connectivity index (χ0) is 37.3. The van der Waals surface area contributed by atoms with E-state index in [-0.39, 0.29) is 5.69 Å². The second kappa shape index (κ2) is 13.3. The van der Waals surface area contributed by atoms with E-state index < -0.39 is 83.3 Å². The standard InChI is InChI=1S/C31H24F15NO2/c1-2-49-23(48)22(47-21-16-10-5-11-17-21)24(19-12-6-3-7-13-19,20-14-8-4-9-15-20)18-25(32,33)26(34,35)27(36,37)28(38,39)29(40,41)30(42,43)31(44,45)46/h3-17,22,47H,2,18H2,1H3. The molecule has 0 heterocycles. The van der Waals surface area contributed by atoms with Gasteiger partial charge in [0, 0.05) is 12.1 Å². The summed E-state index contributed by atoms with van der Waals surface area (Å²) in [6.07, 6.45) is -10.6. The molecule has 1 unspecified atom stereocenters. The Balaban J connectivity index is 2.38. The number of nitrogens with one attached hydrogen (secondary N) is 1. The molecule has 3 nitrogen and oxygen atoms in total. The Bertz CT molecular complexity index is 1510. The number of hydrogen-bond acceptors (Lipinski definition) is 3. The van der Waals surface area contributed by atoms with Crippen molar-refractivity contribution in [1.29, 1.82) is 0 Å². The van der Waals surface area contributed by atoms with Crippen molar-refractivity contribution in [2.45, 2.75) is 66.5 Å². The maximum Gasteiger partial charge on any atom is 0.460 e. The average molecular weight is 728 g/mol. The van der Waals surface area contributed by atoms with E-state index in [0.717, 1.165) is 48.5 Å². The lowest BCUT2D eigenvalue weighted by Crippen LogP contribution is -2.73. The highest BCUT2D eigenvalue weighted by molar-refractivity contribution is 5.83. The van der Waals surface area contributed by atoms with Gasteiger partial charge in [0.25, 0.3) is 0 Å². The van der Waals surface area contributed by atoms with Gasteiger partial charge < -0.3 is 10.1 Å². The first-order chi connectivity index (χ1) is 22.4. The number of esters is 1. The number of carbonyl (C=O) groups is 1. The van der Waals surface area contributed by atoms with Crippen LogP contribution in [0.5, 0.6) is 0 Å². The van der Waals surface area contributed by atoms with E-state index in [0.29, 0.717) is 0 Å².